The average molecular weight is 1180 g/mol. The molecule has 0 radical (unpaired) electrons. The number of guanidine groups is 4. The molecule has 0 fully saturated rings. The van der Waals surface area contributed by atoms with Crippen molar-refractivity contribution in [3.8, 4) is 11.5 Å². The van der Waals surface area contributed by atoms with Crippen LogP contribution in [0.15, 0.2) is 66.2 Å². The molecule has 83 heavy (non-hydrogen) atoms. The van der Waals surface area contributed by atoms with Crippen molar-refractivity contribution in [3.05, 3.63) is 47.5 Å². The fraction of sp³-hybridized carbons (Fsp3) is 0.607. The molecule has 4 atom stereocenters. The summed E-state index contributed by atoms with van der Waals surface area (Å²) in [6, 6.07) is 7.02. The molecule has 0 saturated carbocycles. The Morgan fingerprint density at radius 3 is 1.00 bits per heavy atom. The van der Waals surface area contributed by atoms with E-state index in [1.807, 2.05) is 24.3 Å². The largest absolute Gasteiger partial charge is 0.483 e. The summed E-state index contributed by atoms with van der Waals surface area (Å²) >= 11 is 1.31. The van der Waals surface area contributed by atoms with Crippen LogP contribution < -0.4 is 88.1 Å². The maximum absolute atomic E-state index is 13.9. The molecule has 2 aromatic rings. The number of amides is 6. The van der Waals surface area contributed by atoms with E-state index in [0.29, 0.717) is 34.1 Å². The van der Waals surface area contributed by atoms with E-state index in [9.17, 15) is 28.8 Å². The van der Waals surface area contributed by atoms with Gasteiger partial charge in [-0.05, 0) is 121 Å². The number of nitrogens with two attached hydrogens (primary N) is 10. The Balaban J connectivity index is 2.68. The van der Waals surface area contributed by atoms with E-state index in [2.05, 4.69) is 110 Å². The lowest BCUT2D eigenvalue weighted by Crippen LogP contribution is -2.53. The van der Waals surface area contributed by atoms with E-state index in [0.717, 1.165) is 24.0 Å². The van der Waals surface area contributed by atoms with E-state index in [4.69, 9.17) is 66.8 Å². The molecule has 0 bridgehead atoms. The highest BCUT2D eigenvalue weighted by molar-refractivity contribution is 7.99. The van der Waals surface area contributed by atoms with Gasteiger partial charge in [-0.15, -0.1) is 0 Å². The molecule has 2 rings (SSSR count). The van der Waals surface area contributed by atoms with Gasteiger partial charge in [0.25, 0.3) is 11.8 Å². The molecule has 0 aliphatic heterocycles. The average Bonchev–Trinajstić information content (AvgIpc) is 3.56. The number of nitrogens with zero attached hydrogens (tertiary/aromatic N) is 4. The lowest BCUT2D eigenvalue weighted by molar-refractivity contribution is -0.132. The fourth-order valence-electron chi connectivity index (χ4n) is 9.66. The summed E-state index contributed by atoms with van der Waals surface area (Å²) in [5.41, 5.74) is 56.3. The van der Waals surface area contributed by atoms with Gasteiger partial charge in [0.15, 0.2) is 37.1 Å². The highest BCUT2D eigenvalue weighted by Gasteiger charge is 2.32. The Morgan fingerprint density at radius 1 is 0.446 bits per heavy atom. The number of carbonyl (C=O) groups is 6. The molecule has 464 valence electrons. The number of hydrogen-bond acceptors (Lipinski definition) is 13. The fourth-order valence-corrected chi connectivity index (χ4v) is 10.7. The molecule has 0 saturated heterocycles. The zero-order valence-electron chi connectivity index (χ0n) is 50.3. The third-order valence-corrected chi connectivity index (χ3v) is 13.8. The van der Waals surface area contributed by atoms with Crippen LogP contribution in [0.5, 0.6) is 11.5 Å². The van der Waals surface area contributed by atoms with Crippen LogP contribution in [0.3, 0.4) is 0 Å². The quantitative estimate of drug-likeness (QED) is 0.0258. The van der Waals surface area contributed by atoms with Crippen molar-refractivity contribution >= 4 is 71.0 Å². The molecular weight excluding hydrogens is 1080 g/mol. The number of ether oxygens (including phenoxy) is 2. The van der Waals surface area contributed by atoms with Gasteiger partial charge in [0, 0.05) is 26.2 Å². The Morgan fingerprint density at radius 2 is 0.735 bits per heavy atom. The first kappa shape index (κ1) is 71.4. The standard InChI is InChI=1S/C56H96N18O8S/c1-53(2,3)31-55(7,8)33-19-21-39(81-29-43(75)71-37(17-13-25-69-51(63)64)47(79)73-35(45(57)77)15-11-23-67-49(59)60)41(27-33)83-42-28-34(56(9,10)32-54(4,5)6)20-22-40(42)82-30-44(76)72-38(18-14-26-70-52(65)66)48(80)74-36(46(58)78)16-12-24-68-50(61)62/h19-22,27-28,35-38H,11-18,23-26,29-32H2,1-10H3,(H2,57,77)(H2,58,78)(H,71,75)(H,72,76)(H,73,79)(H,74,80)(H4,59,60,67)(H4,61,62,68)(H4,63,64,69)(H4,65,66,70)/t35-,36-,37-,38-/m0/s1. The molecular formula is C56H96N18O8S. The van der Waals surface area contributed by atoms with Gasteiger partial charge in [-0.2, -0.15) is 0 Å². The van der Waals surface area contributed by atoms with Crippen LogP contribution >= 0.6 is 11.8 Å². The predicted octanol–water partition coefficient (Wildman–Crippen LogP) is 1.15. The minimum atomic E-state index is -1.15. The molecule has 27 heteroatoms. The number of rotatable bonds is 36. The molecule has 0 unspecified atom stereocenters. The van der Waals surface area contributed by atoms with Gasteiger partial charge in [-0.1, -0.05) is 93.1 Å². The van der Waals surface area contributed by atoms with E-state index in [-0.39, 0.29) is 110 Å². The van der Waals surface area contributed by atoms with E-state index in [1.165, 1.54) is 11.8 Å². The van der Waals surface area contributed by atoms with E-state index < -0.39 is 72.8 Å². The predicted molar refractivity (Wildman–Crippen MR) is 328 cm³/mol. The Bertz CT molecular complexity index is 2440. The van der Waals surface area contributed by atoms with Crippen molar-refractivity contribution in [2.24, 2.45) is 88.1 Å². The molecule has 26 nitrogen and oxygen atoms in total. The maximum Gasteiger partial charge on any atom is 0.258 e. The summed E-state index contributed by atoms with van der Waals surface area (Å²) in [5.74, 6) is -4.11. The monoisotopic (exact) mass is 1180 g/mol. The number of carbonyl (C=O) groups excluding carboxylic acids is 6. The second-order valence-electron chi connectivity index (χ2n) is 24.2. The SMILES string of the molecule is CC(C)(C)CC(C)(C)c1ccc(OCC(=O)N[C@@H](CCCN=C(N)N)C(=O)N[C@@H](CCCN=C(N)N)C(N)=O)c(Sc2cc(C(C)(C)CC(C)(C)C)ccc2OCC(=O)N[C@@H](CCCN=C(N)N)C(=O)N[C@@H](CCCN=C(N)N)C(N)=O)c1. The zero-order chi connectivity index (χ0) is 62.9. The van der Waals surface area contributed by atoms with Gasteiger partial charge in [-0.3, -0.25) is 48.7 Å². The summed E-state index contributed by atoms with van der Waals surface area (Å²) in [4.78, 5) is 97.3. The Kier molecular flexibility index (Phi) is 28.7. The van der Waals surface area contributed by atoms with Crippen molar-refractivity contribution in [2.45, 2.75) is 178 Å². The molecule has 24 N–H and O–H groups in total. The summed E-state index contributed by atoms with van der Waals surface area (Å²) in [6.07, 6.45) is 3.26. The maximum atomic E-state index is 13.9. The van der Waals surface area contributed by atoms with Crippen LogP contribution in [0.4, 0.5) is 0 Å². The Hall–Kier alpha value is -7.71. The molecule has 0 aromatic heterocycles. The lowest BCUT2D eigenvalue weighted by Gasteiger charge is -2.34. The van der Waals surface area contributed by atoms with Crippen LogP contribution in [0.1, 0.15) is 145 Å². The highest BCUT2D eigenvalue weighted by Crippen LogP contribution is 2.46. The van der Waals surface area contributed by atoms with E-state index in [1.54, 1.807) is 12.1 Å². The van der Waals surface area contributed by atoms with Gasteiger partial charge in [-0.25, -0.2) is 0 Å². The second kappa shape index (κ2) is 33.4. The van der Waals surface area contributed by atoms with Crippen LogP contribution in [-0.4, -0.2) is 123 Å². The number of primary amides is 2. The van der Waals surface area contributed by atoms with Crippen LogP contribution in [0.2, 0.25) is 0 Å². The van der Waals surface area contributed by atoms with Crippen molar-refractivity contribution < 1.29 is 38.2 Å². The van der Waals surface area contributed by atoms with Gasteiger partial charge in [0.2, 0.25) is 23.6 Å². The molecule has 0 aliphatic rings. The third-order valence-electron chi connectivity index (χ3n) is 12.7. The van der Waals surface area contributed by atoms with Gasteiger partial charge in [0.1, 0.15) is 35.7 Å². The van der Waals surface area contributed by atoms with Gasteiger partial charge < -0.3 is 88.1 Å². The zero-order valence-corrected chi connectivity index (χ0v) is 51.1. The van der Waals surface area contributed by atoms with Crippen molar-refractivity contribution in [3.63, 3.8) is 0 Å². The Labute approximate surface area is 493 Å². The van der Waals surface area contributed by atoms with E-state index >= 15 is 0 Å². The second-order valence-corrected chi connectivity index (χ2v) is 25.3. The summed E-state index contributed by atoms with van der Waals surface area (Å²) < 4.78 is 12.7. The minimum absolute atomic E-state index is 0.0547. The lowest BCUT2D eigenvalue weighted by atomic mass is 9.72. The van der Waals surface area contributed by atoms with Crippen LogP contribution in [0, 0.1) is 10.8 Å². The first-order chi connectivity index (χ1) is 38.5. The normalized spacial score (nSPS) is 13.1. The highest BCUT2D eigenvalue weighted by atomic mass is 32.2. The summed E-state index contributed by atoms with van der Waals surface area (Å²) in [7, 11) is 0. The molecule has 0 aliphatic carbocycles. The van der Waals surface area contributed by atoms with Gasteiger partial charge in [0.05, 0.1) is 9.79 Å². The number of aliphatic imine (C=N–C) groups is 4. The number of hydrogen-bond donors (Lipinski definition) is 14. The number of benzene rings is 2. The van der Waals surface area contributed by atoms with Crippen LogP contribution in [-0.2, 0) is 39.6 Å². The topological polar surface area (TPSA) is 479 Å². The van der Waals surface area contributed by atoms with Crippen molar-refractivity contribution in [1.29, 1.82) is 0 Å². The van der Waals surface area contributed by atoms with Crippen molar-refractivity contribution in [1.82, 2.24) is 21.3 Å². The molecule has 6 amide bonds. The van der Waals surface area contributed by atoms with Crippen molar-refractivity contribution in [2.75, 3.05) is 39.4 Å². The van der Waals surface area contributed by atoms with Gasteiger partial charge >= 0.3 is 0 Å². The molecule has 0 spiro atoms. The van der Waals surface area contributed by atoms with Crippen LogP contribution in [0.25, 0.3) is 0 Å². The smallest absolute Gasteiger partial charge is 0.258 e. The third kappa shape index (κ3) is 28.7. The summed E-state index contributed by atoms with van der Waals surface area (Å²) in [5, 5.41) is 10.8. The number of nitrogens with one attached hydrogen (secondary N) is 4. The molecule has 2 aromatic carbocycles. The first-order valence-electron chi connectivity index (χ1n) is 27.7. The summed E-state index contributed by atoms with van der Waals surface area (Å²) in [6.45, 7) is 21.3. The minimum Gasteiger partial charge on any atom is -0.483 e. The first-order valence-corrected chi connectivity index (χ1v) is 28.5. The molecule has 0 heterocycles.